The Hall–Kier alpha value is -2.85. The number of imide groups is 1. The summed E-state index contributed by atoms with van der Waals surface area (Å²) in [5.41, 5.74) is 0.300. The zero-order valence-electron chi connectivity index (χ0n) is 19.5. The number of rotatable bonds is 6. The van der Waals surface area contributed by atoms with Crippen LogP contribution in [0.5, 0.6) is 0 Å². The molecule has 1 atom stereocenters. The average Bonchev–Trinajstić information content (AvgIpc) is 2.84. The molecule has 9 nitrogen and oxygen atoms in total. The van der Waals surface area contributed by atoms with Crippen LogP contribution in [0.25, 0.3) is 0 Å². The second-order valence-corrected chi connectivity index (χ2v) is 9.37. The number of anilines is 1. The Balaban J connectivity index is 1.43. The molecule has 0 radical (unpaired) electrons. The number of piperazine rings is 1. The third-order valence-corrected chi connectivity index (χ3v) is 7.16. The lowest BCUT2D eigenvalue weighted by atomic mass is 9.97. The topological polar surface area (TPSA) is 102 Å². The lowest BCUT2D eigenvalue weighted by molar-refractivity contribution is -0.136. The first-order chi connectivity index (χ1) is 16.4. The van der Waals surface area contributed by atoms with Crippen molar-refractivity contribution in [1.29, 1.82) is 0 Å². The van der Waals surface area contributed by atoms with E-state index in [4.69, 9.17) is 0 Å². The van der Waals surface area contributed by atoms with E-state index in [0.29, 0.717) is 31.0 Å². The van der Waals surface area contributed by atoms with E-state index in [-0.39, 0.29) is 29.9 Å². The summed E-state index contributed by atoms with van der Waals surface area (Å²) in [6.07, 6.45) is 3.21. The highest BCUT2D eigenvalue weighted by atomic mass is 19.1. The van der Waals surface area contributed by atoms with E-state index in [0.717, 1.165) is 38.8 Å². The molecule has 3 aliphatic rings. The second-order valence-electron chi connectivity index (χ2n) is 9.37. The predicted molar refractivity (Wildman–Crippen MR) is 124 cm³/mol. The van der Waals surface area contributed by atoms with Crippen LogP contribution in [0.3, 0.4) is 0 Å². The molecule has 3 heterocycles. The molecular weight excluding hydrogens is 441 g/mol. The van der Waals surface area contributed by atoms with Gasteiger partial charge >= 0.3 is 0 Å². The molecule has 0 aliphatic carbocycles. The second kappa shape index (κ2) is 10.6. The van der Waals surface area contributed by atoms with Crippen LogP contribution in [-0.2, 0) is 9.59 Å². The molecule has 1 unspecified atom stereocenters. The molecule has 3 aliphatic heterocycles. The number of nitrogens with zero attached hydrogens (tertiary/aromatic N) is 3. The van der Waals surface area contributed by atoms with E-state index in [1.54, 1.807) is 0 Å². The summed E-state index contributed by atoms with van der Waals surface area (Å²) in [7, 11) is 1.42. The van der Waals surface area contributed by atoms with Crippen molar-refractivity contribution in [3.05, 3.63) is 29.1 Å². The van der Waals surface area contributed by atoms with E-state index < -0.39 is 23.7 Å². The van der Waals surface area contributed by atoms with Crippen LogP contribution in [0, 0.1) is 11.7 Å². The van der Waals surface area contributed by atoms with Crippen molar-refractivity contribution >= 4 is 29.7 Å². The maximum absolute atomic E-state index is 15.1. The molecule has 2 N–H and O–H groups in total. The minimum Gasteiger partial charge on any atom is -0.367 e. The minimum absolute atomic E-state index is 0.0812. The van der Waals surface area contributed by atoms with Crippen LogP contribution in [-0.4, -0.2) is 92.7 Å². The van der Waals surface area contributed by atoms with Gasteiger partial charge in [0.1, 0.15) is 11.9 Å². The van der Waals surface area contributed by atoms with Gasteiger partial charge in [-0.05, 0) is 50.4 Å². The van der Waals surface area contributed by atoms with Gasteiger partial charge in [-0.1, -0.05) is 0 Å². The Morgan fingerprint density at radius 3 is 2.50 bits per heavy atom. The van der Waals surface area contributed by atoms with Gasteiger partial charge in [0.2, 0.25) is 11.8 Å². The number of halogens is 1. The first-order valence-electron chi connectivity index (χ1n) is 11.9. The van der Waals surface area contributed by atoms with Gasteiger partial charge in [0.15, 0.2) is 6.29 Å². The summed E-state index contributed by atoms with van der Waals surface area (Å²) in [6.45, 7) is 6.10. The van der Waals surface area contributed by atoms with Gasteiger partial charge in [-0.25, -0.2) is 4.39 Å². The number of hydrogen-bond acceptors (Lipinski definition) is 7. The zero-order valence-corrected chi connectivity index (χ0v) is 19.5. The number of likely N-dealkylation sites (N-methyl/N-ethyl adjacent to an activating group) is 1. The lowest BCUT2D eigenvalue weighted by Gasteiger charge is -2.38. The zero-order chi connectivity index (χ0) is 24.2. The van der Waals surface area contributed by atoms with Crippen LogP contribution in [0.4, 0.5) is 10.1 Å². The minimum atomic E-state index is -0.847. The van der Waals surface area contributed by atoms with E-state index in [9.17, 15) is 19.2 Å². The van der Waals surface area contributed by atoms with Gasteiger partial charge in [-0.2, -0.15) is 0 Å². The number of benzene rings is 1. The fraction of sp³-hybridized carbons (Fsp3) is 0.583. The van der Waals surface area contributed by atoms with Gasteiger partial charge in [0.05, 0.1) is 11.3 Å². The van der Waals surface area contributed by atoms with Crippen LogP contribution in [0.1, 0.15) is 46.4 Å². The number of piperidine rings is 2. The normalized spacial score (nSPS) is 22.4. The van der Waals surface area contributed by atoms with Gasteiger partial charge in [-0.3, -0.25) is 29.4 Å². The highest BCUT2D eigenvalue weighted by Crippen LogP contribution is 2.27. The Morgan fingerprint density at radius 1 is 1.15 bits per heavy atom. The molecule has 10 heteroatoms. The molecule has 1 aromatic rings. The number of carbonyl (C=O) groups is 4. The van der Waals surface area contributed by atoms with Crippen LogP contribution in [0.15, 0.2) is 12.1 Å². The van der Waals surface area contributed by atoms with E-state index in [1.165, 1.54) is 30.9 Å². The maximum atomic E-state index is 15.1. The fourth-order valence-corrected chi connectivity index (χ4v) is 5.09. The average molecular weight is 474 g/mol. The standard InChI is InChI=1S/C24H32FN5O4/c1-28(20-2-3-22(32)27-23(20)33)24(34)18-13-19(25)21(12-17(18)15-31)30-10-8-29(9-11-30)14-16-4-6-26-7-5-16/h12-13,15-16,20,26H,2-11,14H2,1H3,(H,27,32,33). The van der Waals surface area contributed by atoms with Gasteiger partial charge in [0, 0.05) is 51.8 Å². The maximum Gasteiger partial charge on any atom is 0.255 e. The number of carbonyl (C=O) groups excluding carboxylic acids is 4. The number of aldehydes is 1. The number of amides is 3. The molecule has 184 valence electrons. The Labute approximate surface area is 198 Å². The molecule has 0 spiro atoms. The summed E-state index contributed by atoms with van der Waals surface area (Å²) < 4.78 is 15.1. The van der Waals surface area contributed by atoms with Crippen molar-refractivity contribution < 1.29 is 23.6 Å². The Kier molecular flexibility index (Phi) is 7.57. The van der Waals surface area contributed by atoms with Crippen LogP contribution in [0.2, 0.25) is 0 Å². The van der Waals surface area contributed by atoms with Crippen molar-refractivity contribution in [3.8, 4) is 0 Å². The highest BCUT2D eigenvalue weighted by Gasteiger charge is 2.34. The molecule has 34 heavy (non-hydrogen) atoms. The molecule has 3 amide bonds. The van der Waals surface area contributed by atoms with Gasteiger partial charge < -0.3 is 15.1 Å². The first-order valence-corrected chi connectivity index (χ1v) is 11.9. The molecule has 0 bridgehead atoms. The SMILES string of the molecule is CN(C(=O)c1cc(F)c(N2CCN(CC3CCNCC3)CC2)cc1C=O)C1CCC(=O)NC1=O. The molecular formula is C24H32FN5O4. The third kappa shape index (κ3) is 5.28. The Bertz CT molecular complexity index is 957. The van der Waals surface area contributed by atoms with Crippen molar-refractivity contribution in [3.63, 3.8) is 0 Å². The lowest BCUT2D eigenvalue weighted by Crippen LogP contribution is -2.53. The highest BCUT2D eigenvalue weighted by molar-refractivity contribution is 6.06. The fourth-order valence-electron chi connectivity index (χ4n) is 5.09. The van der Waals surface area contributed by atoms with Gasteiger partial charge in [0.25, 0.3) is 5.91 Å². The van der Waals surface area contributed by atoms with Crippen LogP contribution >= 0.6 is 0 Å². The summed E-state index contributed by atoms with van der Waals surface area (Å²) in [5, 5.41) is 5.59. The smallest absolute Gasteiger partial charge is 0.255 e. The number of nitrogens with one attached hydrogen (secondary N) is 2. The summed E-state index contributed by atoms with van der Waals surface area (Å²) in [4.78, 5) is 53.9. The first kappa shape index (κ1) is 24.3. The molecule has 3 fully saturated rings. The molecule has 3 saturated heterocycles. The quantitative estimate of drug-likeness (QED) is 0.462. The van der Waals surface area contributed by atoms with Crippen molar-refractivity contribution in [1.82, 2.24) is 20.4 Å². The Morgan fingerprint density at radius 2 is 1.85 bits per heavy atom. The predicted octanol–water partition coefficient (Wildman–Crippen LogP) is 0.637. The molecule has 1 aromatic carbocycles. The van der Waals surface area contributed by atoms with E-state index in [1.807, 2.05) is 4.90 Å². The van der Waals surface area contributed by atoms with Crippen LogP contribution < -0.4 is 15.5 Å². The molecule has 4 rings (SSSR count). The van der Waals surface area contributed by atoms with Crippen molar-refractivity contribution in [2.75, 3.05) is 57.8 Å². The summed E-state index contributed by atoms with van der Waals surface area (Å²) in [6, 6.07) is 1.67. The van der Waals surface area contributed by atoms with E-state index in [2.05, 4.69) is 15.5 Å². The largest absolute Gasteiger partial charge is 0.367 e. The monoisotopic (exact) mass is 473 g/mol. The van der Waals surface area contributed by atoms with E-state index >= 15 is 4.39 Å². The van der Waals surface area contributed by atoms with Crippen molar-refractivity contribution in [2.24, 2.45) is 5.92 Å². The summed E-state index contributed by atoms with van der Waals surface area (Å²) >= 11 is 0. The number of hydrogen-bond donors (Lipinski definition) is 2. The third-order valence-electron chi connectivity index (χ3n) is 7.16. The van der Waals surface area contributed by atoms with Gasteiger partial charge in [-0.15, -0.1) is 0 Å². The molecule has 0 saturated carbocycles. The molecule has 0 aromatic heterocycles. The van der Waals surface area contributed by atoms with Crippen molar-refractivity contribution in [2.45, 2.75) is 31.7 Å². The summed E-state index contributed by atoms with van der Waals surface area (Å²) in [5.74, 6) is -1.47.